The van der Waals surface area contributed by atoms with Gasteiger partial charge in [-0.25, -0.2) is 24.3 Å². The molecule has 0 atom stereocenters. The SMILES string of the molecule is Nc1ncnc2c1ncn2C(=O)NCCCl. The lowest BCUT2D eigenvalue weighted by atomic mass is 10.5. The summed E-state index contributed by atoms with van der Waals surface area (Å²) in [7, 11) is 0. The van der Waals surface area contributed by atoms with Crippen molar-refractivity contribution in [2.75, 3.05) is 18.2 Å². The largest absolute Gasteiger partial charge is 0.382 e. The third-order valence-electron chi connectivity index (χ3n) is 1.95. The molecule has 2 aromatic heterocycles. The highest BCUT2D eigenvalue weighted by Crippen LogP contribution is 2.13. The van der Waals surface area contributed by atoms with Gasteiger partial charge in [-0.3, -0.25) is 0 Å². The molecule has 0 spiro atoms. The Hall–Kier alpha value is -1.89. The van der Waals surface area contributed by atoms with E-state index in [2.05, 4.69) is 20.3 Å². The number of hydrogen-bond donors (Lipinski definition) is 2. The maximum atomic E-state index is 11.6. The van der Waals surface area contributed by atoms with Crippen molar-refractivity contribution in [3.63, 3.8) is 0 Å². The standard InChI is InChI=1S/C8H9ClN6O/c9-1-2-11-8(16)15-4-14-5-6(10)12-3-13-7(5)15/h3-4H,1-2H2,(H,11,16)(H2,10,12,13). The first-order chi connectivity index (χ1) is 7.74. The molecule has 0 saturated carbocycles. The molecular formula is C8H9ClN6O. The number of aromatic nitrogens is 4. The van der Waals surface area contributed by atoms with Gasteiger partial charge < -0.3 is 11.1 Å². The summed E-state index contributed by atoms with van der Waals surface area (Å²) in [6.45, 7) is 0.376. The van der Waals surface area contributed by atoms with Crippen LogP contribution in [0, 0.1) is 0 Å². The topological polar surface area (TPSA) is 98.7 Å². The van der Waals surface area contributed by atoms with E-state index in [0.29, 0.717) is 23.6 Å². The van der Waals surface area contributed by atoms with E-state index in [1.807, 2.05) is 0 Å². The Labute approximate surface area is 95.6 Å². The minimum absolute atomic E-state index is 0.244. The summed E-state index contributed by atoms with van der Waals surface area (Å²) in [4.78, 5) is 23.3. The van der Waals surface area contributed by atoms with Crippen LogP contribution >= 0.6 is 11.6 Å². The second-order valence-corrected chi connectivity index (χ2v) is 3.34. The molecule has 0 aliphatic rings. The molecule has 16 heavy (non-hydrogen) atoms. The molecule has 0 saturated heterocycles. The van der Waals surface area contributed by atoms with E-state index in [1.54, 1.807) is 0 Å². The number of nitrogen functional groups attached to an aromatic ring is 1. The van der Waals surface area contributed by atoms with E-state index < -0.39 is 0 Å². The smallest absolute Gasteiger partial charge is 0.328 e. The third kappa shape index (κ3) is 1.76. The van der Waals surface area contributed by atoms with Crippen LogP contribution in [0.25, 0.3) is 11.2 Å². The second kappa shape index (κ2) is 4.31. The van der Waals surface area contributed by atoms with E-state index in [4.69, 9.17) is 17.3 Å². The van der Waals surface area contributed by atoms with Crippen LogP contribution in [0.15, 0.2) is 12.7 Å². The zero-order valence-electron chi connectivity index (χ0n) is 8.22. The Kier molecular flexibility index (Phi) is 2.86. The number of imidazole rings is 1. The Bertz CT molecular complexity index is 524. The maximum Gasteiger partial charge on any atom is 0.328 e. The Morgan fingerprint density at radius 3 is 3.06 bits per heavy atom. The van der Waals surface area contributed by atoms with Crippen LogP contribution < -0.4 is 11.1 Å². The lowest BCUT2D eigenvalue weighted by Crippen LogP contribution is -2.29. The van der Waals surface area contributed by atoms with Gasteiger partial charge in [-0.05, 0) is 0 Å². The van der Waals surface area contributed by atoms with Crippen LogP contribution in [0.1, 0.15) is 0 Å². The molecular weight excluding hydrogens is 232 g/mol. The van der Waals surface area contributed by atoms with Gasteiger partial charge in [-0.2, -0.15) is 0 Å². The van der Waals surface area contributed by atoms with Gasteiger partial charge in [0.1, 0.15) is 12.7 Å². The number of nitrogens with zero attached hydrogens (tertiary/aromatic N) is 4. The lowest BCUT2D eigenvalue weighted by Gasteiger charge is -2.03. The van der Waals surface area contributed by atoms with E-state index >= 15 is 0 Å². The molecule has 0 aliphatic heterocycles. The number of fused-ring (bicyclic) bond motifs is 1. The zero-order valence-corrected chi connectivity index (χ0v) is 8.98. The van der Waals surface area contributed by atoms with Crippen molar-refractivity contribution in [3.05, 3.63) is 12.7 Å². The highest BCUT2D eigenvalue weighted by Gasteiger charge is 2.12. The summed E-state index contributed by atoms with van der Waals surface area (Å²) < 4.78 is 1.26. The summed E-state index contributed by atoms with van der Waals surface area (Å²) in [5.41, 5.74) is 6.37. The molecule has 7 nitrogen and oxygen atoms in total. The summed E-state index contributed by atoms with van der Waals surface area (Å²) in [6.07, 6.45) is 2.63. The van der Waals surface area contributed by atoms with Crippen molar-refractivity contribution in [3.8, 4) is 0 Å². The van der Waals surface area contributed by atoms with Crippen molar-refractivity contribution in [1.29, 1.82) is 0 Å². The molecule has 0 fully saturated rings. The number of alkyl halides is 1. The van der Waals surface area contributed by atoms with Crippen molar-refractivity contribution >= 4 is 34.6 Å². The number of nitrogens with one attached hydrogen (secondary N) is 1. The molecule has 2 heterocycles. The van der Waals surface area contributed by atoms with Gasteiger partial charge in [0, 0.05) is 12.4 Å². The van der Waals surface area contributed by atoms with Crippen molar-refractivity contribution < 1.29 is 4.79 Å². The minimum Gasteiger partial charge on any atom is -0.382 e. The number of nitrogens with two attached hydrogens (primary N) is 1. The van der Waals surface area contributed by atoms with Crippen LogP contribution in [0.4, 0.5) is 10.6 Å². The quantitative estimate of drug-likeness (QED) is 0.731. The second-order valence-electron chi connectivity index (χ2n) is 2.97. The van der Waals surface area contributed by atoms with E-state index in [-0.39, 0.29) is 11.8 Å². The van der Waals surface area contributed by atoms with Gasteiger partial charge in [0.05, 0.1) is 0 Å². The average molecular weight is 241 g/mol. The van der Waals surface area contributed by atoms with Crippen LogP contribution in [0.5, 0.6) is 0 Å². The average Bonchev–Trinajstić information content (AvgIpc) is 2.71. The fraction of sp³-hybridized carbons (Fsp3) is 0.250. The summed E-state index contributed by atoms with van der Waals surface area (Å²) >= 11 is 5.47. The molecule has 0 aromatic carbocycles. The van der Waals surface area contributed by atoms with Gasteiger partial charge in [0.15, 0.2) is 17.0 Å². The van der Waals surface area contributed by atoms with E-state index in [0.717, 1.165) is 0 Å². The fourth-order valence-corrected chi connectivity index (χ4v) is 1.34. The summed E-state index contributed by atoms with van der Waals surface area (Å²) in [5, 5.41) is 2.60. The molecule has 1 amide bonds. The molecule has 0 unspecified atom stereocenters. The van der Waals surface area contributed by atoms with Gasteiger partial charge in [0.25, 0.3) is 0 Å². The van der Waals surface area contributed by atoms with E-state index in [9.17, 15) is 4.79 Å². The molecule has 2 rings (SSSR count). The molecule has 8 heteroatoms. The maximum absolute atomic E-state index is 11.6. The van der Waals surface area contributed by atoms with Crippen LogP contribution in [-0.4, -0.2) is 38.0 Å². The van der Waals surface area contributed by atoms with Gasteiger partial charge >= 0.3 is 6.03 Å². The van der Waals surface area contributed by atoms with Gasteiger partial charge in [-0.1, -0.05) is 0 Å². The number of amides is 1. The monoisotopic (exact) mass is 240 g/mol. The normalized spacial score (nSPS) is 10.6. The number of halogens is 1. The predicted octanol–water partition coefficient (Wildman–Crippen LogP) is 0.205. The number of anilines is 1. The van der Waals surface area contributed by atoms with E-state index in [1.165, 1.54) is 17.2 Å². The Morgan fingerprint density at radius 2 is 2.31 bits per heavy atom. The third-order valence-corrected chi connectivity index (χ3v) is 2.14. The first kappa shape index (κ1) is 10.6. The predicted molar refractivity (Wildman–Crippen MR) is 59.3 cm³/mol. The van der Waals surface area contributed by atoms with Crippen molar-refractivity contribution in [2.45, 2.75) is 0 Å². The number of carbonyl (C=O) groups is 1. The molecule has 2 aromatic rings. The van der Waals surface area contributed by atoms with Crippen LogP contribution in [0.3, 0.4) is 0 Å². The van der Waals surface area contributed by atoms with Gasteiger partial charge in [-0.15, -0.1) is 11.6 Å². The summed E-state index contributed by atoms with van der Waals surface area (Å²) in [6, 6.07) is -0.346. The van der Waals surface area contributed by atoms with Crippen LogP contribution in [-0.2, 0) is 0 Å². The van der Waals surface area contributed by atoms with Crippen molar-refractivity contribution in [1.82, 2.24) is 24.8 Å². The highest BCUT2D eigenvalue weighted by atomic mass is 35.5. The molecule has 0 aliphatic carbocycles. The number of rotatable bonds is 2. The Balaban J connectivity index is 2.38. The van der Waals surface area contributed by atoms with Gasteiger partial charge in [0.2, 0.25) is 0 Å². The lowest BCUT2D eigenvalue weighted by molar-refractivity contribution is 0.243. The molecule has 0 bridgehead atoms. The minimum atomic E-state index is -0.346. The molecule has 0 radical (unpaired) electrons. The Morgan fingerprint density at radius 1 is 1.50 bits per heavy atom. The van der Waals surface area contributed by atoms with Crippen molar-refractivity contribution in [2.24, 2.45) is 0 Å². The zero-order chi connectivity index (χ0) is 11.5. The molecule has 3 N–H and O–H groups in total. The first-order valence-corrected chi connectivity index (χ1v) is 5.05. The fourth-order valence-electron chi connectivity index (χ4n) is 1.24. The van der Waals surface area contributed by atoms with Crippen LogP contribution in [0.2, 0.25) is 0 Å². The molecule has 84 valence electrons. The number of carbonyl (C=O) groups excluding carboxylic acids is 1. The highest BCUT2D eigenvalue weighted by molar-refractivity contribution is 6.18. The first-order valence-electron chi connectivity index (χ1n) is 4.51. The summed E-state index contributed by atoms with van der Waals surface area (Å²) in [5.74, 6) is 0.587. The number of hydrogen-bond acceptors (Lipinski definition) is 5.